The van der Waals surface area contributed by atoms with Crippen molar-refractivity contribution in [3.63, 3.8) is 0 Å². The fourth-order valence-electron chi connectivity index (χ4n) is 1.74. The van der Waals surface area contributed by atoms with Crippen LogP contribution >= 0.6 is 0 Å². The number of carbonyl (C=O) groups is 2. The summed E-state index contributed by atoms with van der Waals surface area (Å²) < 4.78 is 0. The third-order valence-electron chi connectivity index (χ3n) is 2.70. The fraction of sp³-hybridized carbons (Fsp3) is 0.308. The molecule has 17 heavy (non-hydrogen) atoms. The Morgan fingerprint density at radius 2 is 2.06 bits per heavy atom. The summed E-state index contributed by atoms with van der Waals surface area (Å²) in [6, 6.07) is 1.58. The molecule has 4 nitrogen and oxygen atoms in total. The van der Waals surface area contributed by atoms with Crippen LogP contribution < -0.4 is 0 Å². The van der Waals surface area contributed by atoms with Gasteiger partial charge in [0.05, 0.1) is 11.1 Å². The van der Waals surface area contributed by atoms with Crippen LogP contribution in [-0.4, -0.2) is 21.7 Å². The predicted octanol–water partition coefficient (Wildman–Crippen LogP) is 2.38. The van der Waals surface area contributed by atoms with Crippen LogP contribution in [0.1, 0.15) is 46.9 Å². The van der Waals surface area contributed by atoms with E-state index >= 15 is 0 Å². The highest BCUT2D eigenvalue weighted by molar-refractivity contribution is 6.21. The van der Waals surface area contributed by atoms with Crippen LogP contribution in [0, 0.1) is 0 Å². The lowest BCUT2D eigenvalue weighted by atomic mass is 10.2. The summed E-state index contributed by atoms with van der Waals surface area (Å²) in [6.07, 6.45) is 9.42. The predicted molar refractivity (Wildman–Crippen MR) is 63.4 cm³/mol. The average Bonchev–Trinajstić information content (AvgIpc) is 2.60. The molecule has 0 saturated carbocycles. The van der Waals surface area contributed by atoms with Gasteiger partial charge in [0.25, 0.3) is 11.8 Å². The number of hydrogen-bond acceptors (Lipinski definition) is 3. The molecule has 2 amide bonds. The van der Waals surface area contributed by atoms with Gasteiger partial charge in [0, 0.05) is 18.6 Å². The van der Waals surface area contributed by atoms with Gasteiger partial charge in [-0.05, 0) is 12.5 Å². The van der Waals surface area contributed by atoms with E-state index in [-0.39, 0.29) is 11.8 Å². The number of amides is 2. The molecule has 0 radical (unpaired) electrons. The number of aromatic nitrogens is 1. The Kier molecular flexibility index (Phi) is 3.32. The molecule has 1 aliphatic rings. The normalized spacial score (nSPS) is 14.8. The molecule has 0 saturated heterocycles. The van der Waals surface area contributed by atoms with Crippen LogP contribution in [0.3, 0.4) is 0 Å². The Balaban J connectivity index is 2.16. The van der Waals surface area contributed by atoms with Crippen molar-refractivity contribution >= 4 is 11.8 Å². The zero-order valence-electron chi connectivity index (χ0n) is 9.72. The molecule has 1 aromatic heterocycles. The summed E-state index contributed by atoms with van der Waals surface area (Å²) in [5, 5.41) is 0. The number of carbonyl (C=O) groups excluding carboxylic acids is 2. The number of unbranched alkanes of at least 4 members (excludes halogenated alkanes) is 2. The minimum Gasteiger partial charge on any atom is -0.268 e. The molecule has 1 aromatic rings. The molecule has 0 aromatic carbocycles. The highest BCUT2D eigenvalue weighted by Crippen LogP contribution is 2.21. The molecule has 88 valence electrons. The molecule has 0 bridgehead atoms. The Hall–Kier alpha value is -1.97. The standard InChI is InChI=1S/C13H14N2O2/c1-2-3-4-5-8-15-12(16)10-6-7-14-9-11(10)13(15)17/h5-9H,2-4H2,1H3/b8-5-. The van der Waals surface area contributed by atoms with E-state index < -0.39 is 0 Å². The van der Waals surface area contributed by atoms with Gasteiger partial charge in [-0.15, -0.1) is 0 Å². The molecule has 2 rings (SSSR count). The summed E-state index contributed by atoms with van der Waals surface area (Å²) in [7, 11) is 0. The van der Waals surface area contributed by atoms with Gasteiger partial charge in [0.2, 0.25) is 0 Å². The number of rotatable bonds is 4. The quantitative estimate of drug-likeness (QED) is 0.589. The Labute approximate surface area is 100.0 Å². The molecule has 0 atom stereocenters. The van der Waals surface area contributed by atoms with Gasteiger partial charge >= 0.3 is 0 Å². The van der Waals surface area contributed by atoms with E-state index in [1.165, 1.54) is 12.4 Å². The van der Waals surface area contributed by atoms with E-state index in [2.05, 4.69) is 11.9 Å². The number of hydrogen-bond donors (Lipinski definition) is 0. The number of imide groups is 1. The van der Waals surface area contributed by atoms with Crippen molar-refractivity contribution in [2.45, 2.75) is 26.2 Å². The van der Waals surface area contributed by atoms with Crippen LogP contribution in [0.15, 0.2) is 30.7 Å². The zero-order valence-corrected chi connectivity index (χ0v) is 9.72. The lowest BCUT2D eigenvalue weighted by molar-refractivity contribution is 0.0721. The van der Waals surface area contributed by atoms with Crippen LogP contribution in [0.5, 0.6) is 0 Å². The summed E-state index contributed by atoms with van der Waals surface area (Å²) in [4.78, 5) is 28.8. The first kappa shape index (κ1) is 11.5. The zero-order chi connectivity index (χ0) is 12.3. The number of allylic oxidation sites excluding steroid dienone is 1. The highest BCUT2D eigenvalue weighted by Gasteiger charge is 2.33. The first-order valence-electron chi connectivity index (χ1n) is 5.74. The molecule has 0 fully saturated rings. The highest BCUT2D eigenvalue weighted by atomic mass is 16.2. The Bertz CT molecular complexity index is 445. The van der Waals surface area contributed by atoms with E-state index in [0.717, 1.165) is 24.2 Å². The first-order valence-corrected chi connectivity index (χ1v) is 5.74. The van der Waals surface area contributed by atoms with Crippen LogP contribution in [0.2, 0.25) is 0 Å². The van der Waals surface area contributed by atoms with Gasteiger partial charge in [0.15, 0.2) is 0 Å². The number of nitrogens with zero attached hydrogens (tertiary/aromatic N) is 2. The second kappa shape index (κ2) is 4.91. The molecule has 0 aliphatic carbocycles. The monoisotopic (exact) mass is 230 g/mol. The summed E-state index contributed by atoms with van der Waals surface area (Å²) in [6.45, 7) is 2.10. The first-order chi connectivity index (χ1) is 8.25. The van der Waals surface area contributed by atoms with Crippen molar-refractivity contribution < 1.29 is 9.59 Å². The second-order valence-electron chi connectivity index (χ2n) is 3.93. The van der Waals surface area contributed by atoms with E-state index in [1.54, 1.807) is 12.3 Å². The van der Waals surface area contributed by atoms with Crippen molar-refractivity contribution in [1.82, 2.24) is 9.88 Å². The summed E-state index contributed by atoms with van der Waals surface area (Å²) in [5.74, 6) is -0.550. The van der Waals surface area contributed by atoms with Crippen LogP contribution in [-0.2, 0) is 0 Å². The third kappa shape index (κ3) is 2.11. The maximum atomic E-state index is 11.9. The minimum atomic E-state index is -0.286. The maximum Gasteiger partial charge on any atom is 0.267 e. The van der Waals surface area contributed by atoms with Gasteiger partial charge in [-0.3, -0.25) is 14.6 Å². The van der Waals surface area contributed by atoms with Gasteiger partial charge < -0.3 is 0 Å². The average molecular weight is 230 g/mol. The largest absolute Gasteiger partial charge is 0.268 e. The van der Waals surface area contributed by atoms with Crippen molar-refractivity contribution in [1.29, 1.82) is 0 Å². The molecular weight excluding hydrogens is 216 g/mol. The topological polar surface area (TPSA) is 50.3 Å². The molecule has 4 heteroatoms. The smallest absolute Gasteiger partial charge is 0.267 e. The number of fused-ring (bicyclic) bond motifs is 1. The SMILES string of the molecule is CCCC/C=C\N1C(=O)c2ccncc2C1=O. The minimum absolute atomic E-state index is 0.264. The van der Waals surface area contributed by atoms with Gasteiger partial charge in [-0.2, -0.15) is 0 Å². The van der Waals surface area contributed by atoms with E-state index in [0.29, 0.717) is 11.1 Å². The van der Waals surface area contributed by atoms with Gasteiger partial charge in [-0.1, -0.05) is 25.8 Å². The van der Waals surface area contributed by atoms with E-state index in [4.69, 9.17) is 0 Å². The van der Waals surface area contributed by atoms with Crippen LogP contribution in [0.25, 0.3) is 0 Å². The molecule has 0 spiro atoms. The molecule has 0 unspecified atom stereocenters. The van der Waals surface area contributed by atoms with Gasteiger partial charge in [0.1, 0.15) is 0 Å². The van der Waals surface area contributed by atoms with Crippen LogP contribution in [0.4, 0.5) is 0 Å². The molecular formula is C13H14N2O2. The Morgan fingerprint density at radius 1 is 1.29 bits per heavy atom. The van der Waals surface area contributed by atoms with Crippen molar-refractivity contribution in [3.05, 3.63) is 41.9 Å². The molecule has 1 aliphatic heterocycles. The molecule has 0 N–H and O–H groups in total. The third-order valence-corrected chi connectivity index (χ3v) is 2.70. The molecule has 2 heterocycles. The van der Waals surface area contributed by atoms with E-state index in [9.17, 15) is 9.59 Å². The van der Waals surface area contributed by atoms with Crippen molar-refractivity contribution in [3.8, 4) is 0 Å². The Morgan fingerprint density at radius 3 is 2.76 bits per heavy atom. The van der Waals surface area contributed by atoms with Gasteiger partial charge in [-0.25, -0.2) is 4.90 Å². The lowest BCUT2D eigenvalue weighted by Crippen LogP contribution is -2.23. The summed E-state index contributed by atoms with van der Waals surface area (Å²) in [5.41, 5.74) is 0.822. The maximum absolute atomic E-state index is 11.9. The fourth-order valence-corrected chi connectivity index (χ4v) is 1.74. The number of pyridine rings is 1. The lowest BCUT2D eigenvalue weighted by Gasteiger charge is -2.06. The van der Waals surface area contributed by atoms with Crippen molar-refractivity contribution in [2.75, 3.05) is 0 Å². The van der Waals surface area contributed by atoms with Crippen molar-refractivity contribution in [2.24, 2.45) is 0 Å². The van der Waals surface area contributed by atoms with E-state index in [1.807, 2.05) is 6.08 Å². The summed E-state index contributed by atoms with van der Waals surface area (Å²) >= 11 is 0. The second-order valence-corrected chi connectivity index (χ2v) is 3.93.